The number of hydrogen-bond acceptors (Lipinski definition) is 7. The lowest BCUT2D eigenvalue weighted by Crippen LogP contribution is -2.25. The molecule has 1 heterocycles. The monoisotopic (exact) mass is 494 g/mol. The number of benzene rings is 2. The number of nitrogens with zero attached hydrogens (tertiary/aromatic N) is 1. The second-order valence-corrected chi connectivity index (χ2v) is 9.99. The predicted molar refractivity (Wildman–Crippen MR) is 123 cm³/mol. The summed E-state index contributed by atoms with van der Waals surface area (Å²) in [6.07, 6.45) is 0. The number of anilines is 2. The minimum atomic E-state index is -3.64. The molecule has 0 atom stereocenters. The maximum Gasteiger partial charge on any atom is 0.344 e. The second kappa shape index (κ2) is 10.5. The van der Waals surface area contributed by atoms with Crippen LogP contribution in [0.15, 0.2) is 70.3 Å². The molecule has 0 aliphatic heterocycles. The maximum atomic E-state index is 12.6. The number of nitrogens with one attached hydrogen (secondary N) is 1. The van der Waals surface area contributed by atoms with Crippen molar-refractivity contribution in [2.45, 2.75) is 4.21 Å². The standard InChI is InChI=1S/C21H19ClN2O6S2/c1-24(32(27,28)21-6-3-11-31-21)17-7-9-18(10-8-17)29-14-20(26)30-13-19(25)23-16-5-2-4-15(22)12-16/h2-12H,13-14H2,1H3,(H,23,25). The molecule has 0 fully saturated rings. The highest BCUT2D eigenvalue weighted by molar-refractivity contribution is 7.94. The van der Waals surface area contributed by atoms with Crippen LogP contribution in [0.2, 0.25) is 5.02 Å². The third-order valence-electron chi connectivity index (χ3n) is 4.14. The van der Waals surface area contributed by atoms with Crippen molar-refractivity contribution >= 4 is 56.2 Å². The molecule has 1 N–H and O–H groups in total. The molecule has 0 aliphatic carbocycles. The third-order valence-corrected chi connectivity index (χ3v) is 7.53. The molecule has 0 aliphatic rings. The molecular weight excluding hydrogens is 476 g/mol. The van der Waals surface area contributed by atoms with Crippen molar-refractivity contribution in [3.05, 3.63) is 71.1 Å². The number of carbonyl (C=O) groups is 2. The van der Waals surface area contributed by atoms with Crippen LogP contribution in [0.4, 0.5) is 11.4 Å². The largest absolute Gasteiger partial charge is 0.482 e. The molecule has 32 heavy (non-hydrogen) atoms. The number of esters is 1. The Morgan fingerprint density at radius 1 is 1.06 bits per heavy atom. The normalized spacial score (nSPS) is 10.9. The van der Waals surface area contributed by atoms with Crippen LogP contribution in [0.5, 0.6) is 5.75 Å². The maximum absolute atomic E-state index is 12.6. The molecule has 0 saturated heterocycles. The molecule has 0 saturated carbocycles. The quantitative estimate of drug-likeness (QED) is 0.454. The number of amides is 1. The summed E-state index contributed by atoms with van der Waals surface area (Å²) >= 11 is 6.98. The van der Waals surface area contributed by atoms with E-state index in [4.69, 9.17) is 21.1 Å². The molecule has 3 rings (SSSR count). The Hall–Kier alpha value is -3.08. The topological polar surface area (TPSA) is 102 Å². The summed E-state index contributed by atoms with van der Waals surface area (Å²) < 4.78 is 36.7. The fourth-order valence-electron chi connectivity index (χ4n) is 2.53. The van der Waals surface area contributed by atoms with Crippen molar-refractivity contribution in [2.24, 2.45) is 0 Å². The van der Waals surface area contributed by atoms with E-state index in [9.17, 15) is 18.0 Å². The van der Waals surface area contributed by atoms with Gasteiger partial charge in [0.15, 0.2) is 13.2 Å². The predicted octanol–water partition coefficient (Wildman–Crippen LogP) is 3.79. The Balaban J connectivity index is 1.46. The number of carbonyl (C=O) groups excluding carboxylic acids is 2. The zero-order valence-electron chi connectivity index (χ0n) is 16.9. The average molecular weight is 495 g/mol. The van der Waals surface area contributed by atoms with E-state index in [-0.39, 0.29) is 4.21 Å². The van der Waals surface area contributed by atoms with E-state index in [2.05, 4.69) is 5.32 Å². The number of rotatable bonds is 9. The number of halogens is 1. The summed E-state index contributed by atoms with van der Waals surface area (Å²) in [5.41, 5.74) is 0.923. The van der Waals surface area contributed by atoms with Crippen molar-refractivity contribution in [3.63, 3.8) is 0 Å². The van der Waals surface area contributed by atoms with E-state index in [1.807, 2.05) is 0 Å². The Morgan fingerprint density at radius 2 is 1.81 bits per heavy atom. The van der Waals surface area contributed by atoms with Gasteiger partial charge in [-0.25, -0.2) is 13.2 Å². The van der Waals surface area contributed by atoms with E-state index in [1.165, 1.54) is 25.2 Å². The second-order valence-electron chi connectivity index (χ2n) is 6.41. The van der Waals surface area contributed by atoms with Gasteiger partial charge in [-0.3, -0.25) is 9.10 Å². The Morgan fingerprint density at radius 3 is 2.47 bits per heavy atom. The summed E-state index contributed by atoms with van der Waals surface area (Å²) in [4.78, 5) is 23.7. The number of hydrogen-bond donors (Lipinski definition) is 1. The molecule has 1 amide bonds. The van der Waals surface area contributed by atoms with E-state index >= 15 is 0 Å². The van der Waals surface area contributed by atoms with Crippen LogP contribution in [-0.4, -0.2) is 40.6 Å². The lowest BCUT2D eigenvalue weighted by Gasteiger charge is -2.18. The van der Waals surface area contributed by atoms with E-state index < -0.39 is 35.1 Å². The SMILES string of the molecule is CN(c1ccc(OCC(=O)OCC(=O)Nc2cccc(Cl)c2)cc1)S(=O)(=O)c1cccs1. The minimum absolute atomic E-state index is 0.238. The van der Waals surface area contributed by atoms with Crippen LogP contribution in [-0.2, 0) is 24.3 Å². The highest BCUT2D eigenvalue weighted by Gasteiger charge is 2.22. The van der Waals surface area contributed by atoms with Crippen molar-refractivity contribution < 1.29 is 27.5 Å². The number of ether oxygens (including phenoxy) is 2. The summed E-state index contributed by atoms with van der Waals surface area (Å²) in [6.45, 7) is -0.883. The van der Waals surface area contributed by atoms with Crippen LogP contribution in [0.25, 0.3) is 0 Å². The first-order valence-corrected chi connectivity index (χ1v) is 11.9. The molecule has 3 aromatic rings. The van der Waals surface area contributed by atoms with Crippen LogP contribution in [0.1, 0.15) is 0 Å². The van der Waals surface area contributed by atoms with Gasteiger partial charge in [-0.05, 0) is 53.9 Å². The van der Waals surface area contributed by atoms with Gasteiger partial charge in [0, 0.05) is 17.8 Å². The molecule has 0 spiro atoms. The summed E-state index contributed by atoms with van der Waals surface area (Å²) in [5, 5.41) is 4.72. The molecule has 0 unspecified atom stereocenters. The number of thiophene rings is 1. The van der Waals surface area contributed by atoms with Crippen molar-refractivity contribution in [2.75, 3.05) is 29.9 Å². The molecule has 168 valence electrons. The summed E-state index contributed by atoms with van der Waals surface area (Å²) in [6, 6.07) is 16.0. The van der Waals surface area contributed by atoms with E-state index in [0.29, 0.717) is 22.1 Å². The van der Waals surface area contributed by atoms with Gasteiger partial charge in [0.05, 0.1) is 5.69 Å². The van der Waals surface area contributed by atoms with E-state index in [0.717, 1.165) is 15.6 Å². The lowest BCUT2D eigenvalue weighted by atomic mass is 10.3. The lowest BCUT2D eigenvalue weighted by molar-refractivity contribution is -0.149. The molecular formula is C21H19ClN2O6S2. The Labute approximate surface area is 194 Å². The van der Waals surface area contributed by atoms with Crippen LogP contribution < -0.4 is 14.4 Å². The zero-order chi connectivity index (χ0) is 23.1. The first kappa shape index (κ1) is 23.6. The van der Waals surface area contributed by atoms with Gasteiger partial charge in [0.1, 0.15) is 9.96 Å². The van der Waals surface area contributed by atoms with Crippen LogP contribution in [0, 0.1) is 0 Å². The fraction of sp³-hybridized carbons (Fsp3) is 0.143. The molecule has 0 bridgehead atoms. The van der Waals surface area contributed by atoms with Gasteiger partial charge in [0.2, 0.25) is 0 Å². The van der Waals surface area contributed by atoms with Gasteiger partial charge in [-0.15, -0.1) is 11.3 Å². The van der Waals surface area contributed by atoms with Crippen molar-refractivity contribution in [3.8, 4) is 5.75 Å². The molecule has 11 heteroatoms. The van der Waals surface area contributed by atoms with Crippen LogP contribution in [0.3, 0.4) is 0 Å². The highest BCUT2D eigenvalue weighted by Crippen LogP contribution is 2.26. The minimum Gasteiger partial charge on any atom is -0.482 e. The summed E-state index contributed by atoms with van der Waals surface area (Å²) in [5.74, 6) is -0.899. The Bertz CT molecular complexity index is 1180. The number of sulfonamides is 1. The van der Waals surface area contributed by atoms with Crippen molar-refractivity contribution in [1.29, 1.82) is 0 Å². The van der Waals surface area contributed by atoms with Gasteiger partial charge in [-0.2, -0.15) is 0 Å². The van der Waals surface area contributed by atoms with E-state index in [1.54, 1.807) is 47.8 Å². The van der Waals surface area contributed by atoms with Crippen LogP contribution >= 0.6 is 22.9 Å². The molecule has 2 aromatic carbocycles. The third kappa shape index (κ3) is 6.22. The highest BCUT2D eigenvalue weighted by atomic mass is 35.5. The smallest absolute Gasteiger partial charge is 0.344 e. The zero-order valence-corrected chi connectivity index (χ0v) is 19.2. The first-order valence-electron chi connectivity index (χ1n) is 9.22. The Kier molecular flexibility index (Phi) is 7.73. The molecule has 8 nitrogen and oxygen atoms in total. The molecule has 1 aromatic heterocycles. The van der Waals surface area contributed by atoms with Gasteiger partial charge in [-0.1, -0.05) is 23.7 Å². The summed E-state index contributed by atoms with van der Waals surface area (Å²) in [7, 11) is -2.18. The fourth-order valence-corrected chi connectivity index (χ4v) is 5.08. The van der Waals surface area contributed by atoms with Gasteiger partial charge in [0.25, 0.3) is 15.9 Å². The van der Waals surface area contributed by atoms with Crippen molar-refractivity contribution in [1.82, 2.24) is 0 Å². The van der Waals surface area contributed by atoms with Gasteiger partial charge >= 0.3 is 5.97 Å². The van der Waals surface area contributed by atoms with Gasteiger partial charge < -0.3 is 14.8 Å². The first-order chi connectivity index (χ1) is 15.3. The average Bonchev–Trinajstić information content (AvgIpc) is 3.32. The molecule has 0 radical (unpaired) electrons.